The molecule has 1 aliphatic rings. The summed E-state index contributed by atoms with van der Waals surface area (Å²) < 4.78 is 0. The monoisotopic (exact) mass is 282 g/mol. The highest BCUT2D eigenvalue weighted by atomic mass is 32.1. The van der Waals surface area contributed by atoms with E-state index in [1.54, 1.807) is 11.3 Å². The third-order valence-corrected chi connectivity index (χ3v) is 4.46. The van der Waals surface area contributed by atoms with Crippen LogP contribution < -0.4 is 5.32 Å². The Bertz CT molecular complexity index is 360. The lowest BCUT2D eigenvalue weighted by Crippen LogP contribution is -2.45. The number of nitrogens with zero attached hydrogens (tertiary/aromatic N) is 3. The van der Waals surface area contributed by atoms with Crippen LogP contribution in [0.5, 0.6) is 0 Å². The summed E-state index contributed by atoms with van der Waals surface area (Å²) >= 11 is 1.81. The van der Waals surface area contributed by atoms with Gasteiger partial charge < -0.3 is 5.32 Å². The van der Waals surface area contributed by atoms with E-state index >= 15 is 0 Å². The van der Waals surface area contributed by atoms with E-state index in [4.69, 9.17) is 0 Å². The standard InChI is InChI=1S/C14H26N4S/c1-3-4-14-16-13(12-19-14)11-17(2)9-10-18-7-5-15-6-8-18/h12,15H,3-11H2,1-2H3. The van der Waals surface area contributed by atoms with Gasteiger partial charge >= 0.3 is 0 Å². The SMILES string of the molecule is CCCc1nc(CN(C)CCN2CCNCC2)cs1. The average Bonchev–Trinajstić information content (AvgIpc) is 2.85. The maximum absolute atomic E-state index is 4.69. The van der Waals surface area contributed by atoms with Gasteiger partial charge in [-0.1, -0.05) is 6.92 Å². The molecule has 5 heteroatoms. The van der Waals surface area contributed by atoms with E-state index in [-0.39, 0.29) is 0 Å². The predicted molar refractivity (Wildman–Crippen MR) is 81.8 cm³/mol. The van der Waals surface area contributed by atoms with Crippen LogP contribution in [0, 0.1) is 0 Å². The highest BCUT2D eigenvalue weighted by Gasteiger charge is 2.11. The lowest BCUT2D eigenvalue weighted by atomic mass is 10.3. The number of piperazine rings is 1. The third-order valence-electron chi connectivity index (χ3n) is 3.50. The van der Waals surface area contributed by atoms with Crippen molar-refractivity contribution in [2.45, 2.75) is 26.3 Å². The Kier molecular flexibility index (Phi) is 6.23. The number of rotatable bonds is 7. The molecule has 0 bridgehead atoms. The van der Waals surface area contributed by atoms with Crippen molar-refractivity contribution >= 4 is 11.3 Å². The molecule has 2 rings (SSSR count). The van der Waals surface area contributed by atoms with Gasteiger partial charge in [0.25, 0.3) is 0 Å². The summed E-state index contributed by atoms with van der Waals surface area (Å²) in [5.74, 6) is 0. The van der Waals surface area contributed by atoms with Gasteiger partial charge in [0.05, 0.1) is 10.7 Å². The van der Waals surface area contributed by atoms with Crippen molar-refractivity contribution < 1.29 is 0 Å². The van der Waals surface area contributed by atoms with E-state index in [0.29, 0.717) is 0 Å². The Morgan fingerprint density at radius 3 is 2.95 bits per heavy atom. The molecular weight excluding hydrogens is 256 g/mol. The van der Waals surface area contributed by atoms with Crippen molar-refractivity contribution in [3.8, 4) is 0 Å². The number of aromatic nitrogens is 1. The van der Waals surface area contributed by atoms with Crippen LogP contribution in [-0.4, -0.2) is 61.1 Å². The Morgan fingerprint density at radius 1 is 1.42 bits per heavy atom. The highest BCUT2D eigenvalue weighted by molar-refractivity contribution is 7.09. The Hall–Kier alpha value is -0.490. The van der Waals surface area contributed by atoms with Gasteiger partial charge in [0.15, 0.2) is 0 Å². The Labute approximate surface area is 120 Å². The molecular formula is C14H26N4S. The molecule has 0 amide bonds. The van der Waals surface area contributed by atoms with Crippen LogP contribution in [0.2, 0.25) is 0 Å². The Morgan fingerprint density at radius 2 is 2.21 bits per heavy atom. The smallest absolute Gasteiger partial charge is 0.0928 e. The molecule has 1 aliphatic heterocycles. The molecule has 1 saturated heterocycles. The number of aryl methyl sites for hydroxylation is 1. The predicted octanol–water partition coefficient (Wildman–Crippen LogP) is 1.43. The van der Waals surface area contributed by atoms with Gasteiger partial charge in [-0.25, -0.2) is 4.98 Å². The summed E-state index contributed by atoms with van der Waals surface area (Å²) in [6.45, 7) is 10.1. The Balaban J connectivity index is 1.69. The summed E-state index contributed by atoms with van der Waals surface area (Å²) in [7, 11) is 2.20. The van der Waals surface area contributed by atoms with E-state index in [0.717, 1.165) is 32.6 Å². The second kappa shape index (κ2) is 7.94. The average molecular weight is 282 g/mol. The van der Waals surface area contributed by atoms with Crippen molar-refractivity contribution in [3.05, 3.63) is 16.1 Å². The molecule has 108 valence electrons. The topological polar surface area (TPSA) is 31.4 Å². The van der Waals surface area contributed by atoms with Crippen LogP contribution in [0.4, 0.5) is 0 Å². The molecule has 1 aromatic rings. The summed E-state index contributed by atoms with van der Waals surface area (Å²) in [6.07, 6.45) is 2.31. The second-order valence-corrected chi connectivity index (χ2v) is 6.25. The van der Waals surface area contributed by atoms with Crippen LogP contribution in [0.15, 0.2) is 5.38 Å². The van der Waals surface area contributed by atoms with Crippen LogP contribution in [0.3, 0.4) is 0 Å². The molecule has 1 fully saturated rings. The van der Waals surface area contributed by atoms with Crippen molar-refractivity contribution in [2.24, 2.45) is 0 Å². The van der Waals surface area contributed by atoms with Gasteiger partial charge in [-0.3, -0.25) is 9.80 Å². The molecule has 4 nitrogen and oxygen atoms in total. The van der Waals surface area contributed by atoms with Crippen LogP contribution in [0.25, 0.3) is 0 Å². The number of hydrogen-bond donors (Lipinski definition) is 1. The highest BCUT2D eigenvalue weighted by Crippen LogP contribution is 2.13. The summed E-state index contributed by atoms with van der Waals surface area (Å²) in [5, 5.41) is 6.89. The minimum absolute atomic E-state index is 0.978. The van der Waals surface area contributed by atoms with Crippen molar-refractivity contribution in [3.63, 3.8) is 0 Å². The molecule has 0 atom stereocenters. The van der Waals surface area contributed by atoms with Gasteiger partial charge in [-0.15, -0.1) is 11.3 Å². The molecule has 0 unspecified atom stereocenters. The van der Waals surface area contributed by atoms with Crippen molar-refractivity contribution in [2.75, 3.05) is 46.3 Å². The van der Waals surface area contributed by atoms with E-state index in [2.05, 4.69) is 39.5 Å². The molecule has 0 aromatic carbocycles. The van der Waals surface area contributed by atoms with Crippen molar-refractivity contribution in [1.29, 1.82) is 0 Å². The summed E-state index contributed by atoms with van der Waals surface area (Å²) in [5.41, 5.74) is 1.23. The molecule has 19 heavy (non-hydrogen) atoms. The van der Waals surface area contributed by atoms with Crippen LogP contribution in [0.1, 0.15) is 24.0 Å². The number of thiazole rings is 1. The zero-order valence-electron chi connectivity index (χ0n) is 12.2. The van der Waals surface area contributed by atoms with E-state index in [9.17, 15) is 0 Å². The maximum atomic E-state index is 4.69. The molecule has 1 aromatic heterocycles. The number of likely N-dealkylation sites (N-methyl/N-ethyl adjacent to an activating group) is 1. The summed E-state index contributed by atoms with van der Waals surface area (Å²) in [6, 6.07) is 0. The van der Waals surface area contributed by atoms with E-state index < -0.39 is 0 Å². The summed E-state index contributed by atoms with van der Waals surface area (Å²) in [4.78, 5) is 9.61. The minimum Gasteiger partial charge on any atom is -0.314 e. The lowest BCUT2D eigenvalue weighted by molar-refractivity contribution is 0.201. The number of nitrogens with one attached hydrogen (secondary N) is 1. The fourth-order valence-corrected chi connectivity index (χ4v) is 3.24. The van der Waals surface area contributed by atoms with E-state index in [1.807, 2.05) is 0 Å². The molecule has 2 heterocycles. The quantitative estimate of drug-likeness (QED) is 0.820. The van der Waals surface area contributed by atoms with Gasteiger partial charge in [0.2, 0.25) is 0 Å². The van der Waals surface area contributed by atoms with Gasteiger partial charge in [-0.2, -0.15) is 0 Å². The van der Waals surface area contributed by atoms with E-state index in [1.165, 1.54) is 36.8 Å². The maximum Gasteiger partial charge on any atom is 0.0928 e. The van der Waals surface area contributed by atoms with Crippen LogP contribution in [-0.2, 0) is 13.0 Å². The zero-order valence-corrected chi connectivity index (χ0v) is 13.0. The lowest BCUT2D eigenvalue weighted by Gasteiger charge is -2.28. The zero-order chi connectivity index (χ0) is 13.5. The fourth-order valence-electron chi connectivity index (χ4n) is 2.35. The first kappa shape index (κ1) is 14.9. The molecule has 0 radical (unpaired) electrons. The third kappa shape index (κ3) is 5.18. The first-order valence-corrected chi connectivity index (χ1v) is 8.21. The minimum atomic E-state index is 0.978. The first-order chi connectivity index (χ1) is 9.28. The van der Waals surface area contributed by atoms with Crippen molar-refractivity contribution in [1.82, 2.24) is 20.1 Å². The fraction of sp³-hybridized carbons (Fsp3) is 0.786. The second-order valence-electron chi connectivity index (χ2n) is 5.31. The first-order valence-electron chi connectivity index (χ1n) is 7.33. The van der Waals surface area contributed by atoms with Crippen LogP contribution >= 0.6 is 11.3 Å². The number of hydrogen-bond acceptors (Lipinski definition) is 5. The molecule has 1 N–H and O–H groups in total. The molecule has 0 spiro atoms. The van der Waals surface area contributed by atoms with Gasteiger partial charge in [-0.05, 0) is 19.9 Å². The molecule has 0 saturated carbocycles. The van der Waals surface area contributed by atoms with Gasteiger partial charge in [0.1, 0.15) is 0 Å². The largest absolute Gasteiger partial charge is 0.314 e. The normalized spacial score (nSPS) is 17.2. The van der Waals surface area contributed by atoms with Gasteiger partial charge in [0, 0.05) is 51.2 Å². The molecule has 0 aliphatic carbocycles.